The Hall–Kier alpha value is -3.81. The van der Waals surface area contributed by atoms with Gasteiger partial charge in [0, 0.05) is 23.0 Å². The molecule has 0 radical (unpaired) electrons. The van der Waals surface area contributed by atoms with Crippen LogP contribution in [-0.4, -0.2) is 19.7 Å². The molecule has 1 atom stereocenters. The molecule has 176 valence electrons. The molecule has 0 aliphatic carbocycles. The molecule has 1 unspecified atom stereocenters. The second-order valence-corrected chi connectivity index (χ2v) is 9.00. The van der Waals surface area contributed by atoms with Crippen molar-refractivity contribution >= 4 is 34.1 Å². The van der Waals surface area contributed by atoms with Gasteiger partial charge in [0.15, 0.2) is 5.75 Å². The largest absolute Gasteiger partial charge is 0.454 e. The van der Waals surface area contributed by atoms with E-state index in [1.165, 1.54) is 24.6 Å². The number of aryl methyl sites for hydroxylation is 1. The standard InChI is InChI=1S/C26H20Cl2N4O3/c1-14(16-6-4-3-5-7-16)20-13-29-23-9-8-18(12-19(20)23)35-24-21(27)10-17(11-22(24)28)32-26(34)30-25(33)15(2)31-32/h3-14,29H,1-2H3,(H,30,33,34). The summed E-state index contributed by atoms with van der Waals surface area (Å²) in [6, 6.07) is 19.0. The second-order valence-electron chi connectivity index (χ2n) is 8.18. The fourth-order valence-electron chi connectivity index (χ4n) is 4.00. The summed E-state index contributed by atoms with van der Waals surface area (Å²) < 4.78 is 7.11. The van der Waals surface area contributed by atoms with Gasteiger partial charge in [-0.2, -0.15) is 9.78 Å². The molecule has 7 nitrogen and oxygen atoms in total. The van der Waals surface area contributed by atoms with Crippen molar-refractivity contribution in [3.05, 3.63) is 115 Å². The molecule has 0 fully saturated rings. The van der Waals surface area contributed by atoms with Crippen LogP contribution in [0.1, 0.15) is 29.7 Å². The Bertz CT molecular complexity index is 1650. The Morgan fingerprint density at radius 1 is 1.00 bits per heavy atom. The molecule has 0 aliphatic heterocycles. The molecule has 0 saturated heterocycles. The lowest BCUT2D eigenvalue weighted by atomic mass is 9.93. The highest BCUT2D eigenvalue weighted by atomic mass is 35.5. The van der Waals surface area contributed by atoms with Crippen LogP contribution in [0.15, 0.2) is 76.4 Å². The number of rotatable bonds is 5. The topological polar surface area (TPSA) is 92.8 Å². The Morgan fingerprint density at radius 3 is 2.43 bits per heavy atom. The van der Waals surface area contributed by atoms with Gasteiger partial charge in [-0.15, -0.1) is 0 Å². The Kier molecular flexibility index (Phi) is 5.96. The zero-order chi connectivity index (χ0) is 24.7. The Labute approximate surface area is 209 Å². The molecule has 5 rings (SSSR count). The molecular weight excluding hydrogens is 487 g/mol. The van der Waals surface area contributed by atoms with E-state index in [2.05, 4.69) is 34.1 Å². The van der Waals surface area contributed by atoms with Crippen molar-refractivity contribution in [2.24, 2.45) is 0 Å². The van der Waals surface area contributed by atoms with Crippen LogP contribution in [0.4, 0.5) is 0 Å². The van der Waals surface area contributed by atoms with Gasteiger partial charge in [0.25, 0.3) is 5.56 Å². The van der Waals surface area contributed by atoms with E-state index in [1.54, 1.807) is 0 Å². The van der Waals surface area contributed by atoms with E-state index in [9.17, 15) is 9.59 Å². The average Bonchev–Trinajstić information content (AvgIpc) is 3.27. The maximum Gasteiger partial charge on any atom is 0.349 e. The van der Waals surface area contributed by atoms with E-state index in [1.807, 2.05) is 42.6 Å². The normalized spacial score (nSPS) is 12.1. The Balaban J connectivity index is 1.50. The van der Waals surface area contributed by atoms with Gasteiger partial charge in [-0.25, -0.2) is 4.79 Å². The molecule has 2 N–H and O–H groups in total. The van der Waals surface area contributed by atoms with Crippen molar-refractivity contribution in [2.75, 3.05) is 0 Å². The highest BCUT2D eigenvalue weighted by molar-refractivity contribution is 6.37. The van der Waals surface area contributed by atoms with Crippen LogP contribution < -0.4 is 16.0 Å². The minimum atomic E-state index is -0.695. The molecule has 0 amide bonds. The SMILES string of the molecule is Cc1nn(-c2cc(Cl)c(Oc3ccc4[nH]cc(C(C)c5ccccc5)c4c3)c(Cl)c2)c(=O)[nH]c1=O. The predicted molar refractivity (Wildman–Crippen MR) is 138 cm³/mol. The fourth-order valence-corrected chi connectivity index (χ4v) is 4.56. The van der Waals surface area contributed by atoms with Gasteiger partial charge in [0.1, 0.15) is 11.4 Å². The quantitative estimate of drug-likeness (QED) is 0.307. The maximum absolute atomic E-state index is 12.2. The van der Waals surface area contributed by atoms with Gasteiger partial charge in [-0.05, 0) is 48.4 Å². The van der Waals surface area contributed by atoms with E-state index in [-0.39, 0.29) is 27.4 Å². The zero-order valence-electron chi connectivity index (χ0n) is 18.8. The molecule has 0 spiro atoms. The number of hydrogen-bond acceptors (Lipinski definition) is 4. The van der Waals surface area contributed by atoms with Crippen LogP contribution in [0, 0.1) is 6.92 Å². The number of aromatic nitrogens is 4. The summed E-state index contributed by atoms with van der Waals surface area (Å²) in [5.41, 5.74) is 2.53. The molecule has 0 aliphatic rings. The van der Waals surface area contributed by atoms with Gasteiger partial charge < -0.3 is 9.72 Å². The van der Waals surface area contributed by atoms with Gasteiger partial charge in [-0.3, -0.25) is 9.78 Å². The first-order chi connectivity index (χ1) is 16.8. The van der Waals surface area contributed by atoms with Crippen molar-refractivity contribution in [1.82, 2.24) is 19.7 Å². The lowest BCUT2D eigenvalue weighted by Gasteiger charge is -2.14. The van der Waals surface area contributed by atoms with Gasteiger partial charge in [0.05, 0.1) is 15.7 Å². The lowest BCUT2D eigenvalue weighted by Crippen LogP contribution is -2.32. The minimum Gasteiger partial charge on any atom is -0.454 e. The number of hydrogen-bond donors (Lipinski definition) is 2. The number of H-pyrrole nitrogens is 2. The smallest absolute Gasteiger partial charge is 0.349 e. The van der Waals surface area contributed by atoms with Crippen LogP contribution in [0.2, 0.25) is 10.0 Å². The fraction of sp³-hybridized carbons (Fsp3) is 0.115. The van der Waals surface area contributed by atoms with Gasteiger partial charge >= 0.3 is 5.69 Å². The summed E-state index contributed by atoms with van der Waals surface area (Å²) in [5.74, 6) is 0.988. The molecule has 3 aromatic carbocycles. The number of benzene rings is 3. The summed E-state index contributed by atoms with van der Waals surface area (Å²) in [4.78, 5) is 29.4. The van der Waals surface area contributed by atoms with Crippen molar-refractivity contribution in [1.29, 1.82) is 0 Å². The van der Waals surface area contributed by atoms with Crippen LogP contribution in [0.3, 0.4) is 0 Å². The van der Waals surface area contributed by atoms with Crippen LogP contribution in [0.5, 0.6) is 11.5 Å². The molecule has 35 heavy (non-hydrogen) atoms. The van der Waals surface area contributed by atoms with E-state index in [0.717, 1.165) is 21.1 Å². The number of halogens is 2. The number of nitrogens with zero attached hydrogens (tertiary/aromatic N) is 2. The summed E-state index contributed by atoms with van der Waals surface area (Å²) in [6.45, 7) is 3.66. The third-order valence-electron chi connectivity index (χ3n) is 5.89. The van der Waals surface area contributed by atoms with Gasteiger partial charge in [-0.1, -0.05) is 60.5 Å². The summed E-state index contributed by atoms with van der Waals surface area (Å²) >= 11 is 13.0. The molecule has 5 aromatic rings. The molecule has 0 bridgehead atoms. The van der Waals surface area contributed by atoms with Crippen molar-refractivity contribution in [3.63, 3.8) is 0 Å². The van der Waals surface area contributed by atoms with E-state index >= 15 is 0 Å². The summed E-state index contributed by atoms with van der Waals surface area (Å²) in [7, 11) is 0. The minimum absolute atomic E-state index is 0.137. The molecule has 0 saturated carbocycles. The first-order valence-corrected chi connectivity index (χ1v) is 11.6. The van der Waals surface area contributed by atoms with E-state index < -0.39 is 11.2 Å². The van der Waals surface area contributed by atoms with Gasteiger partial charge in [0.2, 0.25) is 0 Å². The van der Waals surface area contributed by atoms with Crippen LogP contribution >= 0.6 is 23.2 Å². The molecular formula is C26H20Cl2N4O3. The highest BCUT2D eigenvalue weighted by Gasteiger charge is 2.17. The molecule has 2 aromatic heterocycles. The number of ether oxygens (including phenoxy) is 1. The molecule has 2 heterocycles. The van der Waals surface area contributed by atoms with E-state index in [0.29, 0.717) is 11.4 Å². The lowest BCUT2D eigenvalue weighted by molar-refractivity contribution is 0.483. The van der Waals surface area contributed by atoms with Crippen molar-refractivity contribution in [2.45, 2.75) is 19.8 Å². The number of fused-ring (bicyclic) bond motifs is 1. The number of aromatic amines is 2. The number of nitrogens with one attached hydrogen (secondary N) is 2. The molecule has 9 heteroatoms. The second kappa shape index (κ2) is 9.09. The van der Waals surface area contributed by atoms with Crippen LogP contribution in [-0.2, 0) is 0 Å². The first-order valence-electron chi connectivity index (χ1n) is 10.9. The summed E-state index contributed by atoms with van der Waals surface area (Å²) in [6.07, 6.45) is 2.01. The summed E-state index contributed by atoms with van der Waals surface area (Å²) in [5, 5.41) is 5.43. The Morgan fingerprint density at radius 2 is 1.71 bits per heavy atom. The first kappa shape index (κ1) is 23.0. The third-order valence-corrected chi connectivity index (χ3v) is 6.45. The average molecular weight is 507 g/mol. The van der Waals surface area contributed by atoms with E-state index in [4.69, 9.17) is 27.9 Å². The van der Waals surface area contributed by atoms with Crippen molar-refractivity contribution in [3.8, 4) is 17.2 Å². The predicted octanol–water partition coefficient (Wildman–Crippen LogP) is 5.96. The maximum atomic E-state index is 12.2. The van der Waals surface area contributed by atoms with Crippen LogP contribution in [0.25, 0.3) is 16.6 Å². The zero-order valence-corrected chi connectivity index (χ0v) is 20.3. The van der Waals surface area contributed by atoms with Crippen molar-refractivity contribution < 1.29 is 4.74 Å². The third kappa shape index (κ3) is 4.36. The highest BCUT2D eigenvalue weighted by Crippen LogP contribution is 2.39. The monoisotopic (exact) mass is 506 g/mol.